The van der Waals surface area contributed by atoms with E-state index in [1.165, 1.54) is 28.0 Å². The number of benzene rings is 4. The van der Waals surface area contributed by atoms with Crippen molar-refractivity contribution in [1.29, 1.82) is 0 Å². The number of fused-ring (bicyclic) bond motifs is 2. The fraction of sp³-hybridized carbons (Fsp3) is 0.279. The molecule has 7 aromatic rings. The van der Waals surface area contributed by atoms with E-state index in [1.807, 2.05) is 24.3 Å². The highest BCUT2D eigenvalue weighted by Gasteiger charge is 2.25. The molecule has 3 heterocycles. The SMILES string of the molecule is Cc1cc(C)c(N(c2cc(C)c(N=Nc3nc4cc(Cl)ccc4s3)c(Nc3c(CC(C)C)cccc3CC(C)C)n2)c2nc3ccccc3s2)c(C)c1. The van der Waals surface area contributed by atoms with Crippen molar-refractivity contribution in [3.8, 4) is 0 Å². The third kappa shape index (κ3) is 7.98. The first-order chi connectivity index (χ1) is 25.4. The normalized spacial score (nSPS) is 11.9. The average Bonchev–Trinajstić information content (AvgIpc) is 3.70. The highest BCUT2D eigenvalue weighted by Crippen LogP contribution is 2.45. The Labute approximate surface area is 324 Å². The summed E-state index contributed by atoms with van der Waals surface area (Å²) in [6.45, 7) is 17.6. The minimum absolute atomic E-state index is 0.472. The van der Waals surface area contributed by atoms with Crippen LogP contribution in [0.25, 0.3) is 20.4 Å². The van der Waals surface area contributed by atoms with Crippen LogP contribution >= 0.6 is 34.3 Å². The average molecular weight is 758 g/mol. The van der Waals surface area contributed by atoms with Crippen molar-refractivity contribution >= 4 is 93.7 Å². The third-order valence-electron chi connectivity index (χ3n) is 9.04. The van der Waals surface area contributed by atoms with E-state index in [-0.39, 0.29) is 0 Å². The zero-order chi connectivity index (χ0) is 37.4. The van der Waals surface area contributed by atoms with Crippen LogP contribution in [0.15, 0.2) is 89.1 Å². The van der Waals surface area contributed by atoms with Gasteiger partial charge in [-0.1, -0.05) is 110 Å². The Bertz CT molecular complexity index is 2390. The molecule has 0 saturated heterocycles. The van der Waals surface area contributed by atoms with Gasteiger partial charge in [-0.05, 0) is 117 Å². The predicted octanol–water partition coefficient (Wildman–Crippen LogP) is 14.2. The van der Waals surface area contributed by atoms with Crippen molar-refractivity contribution in [2.24, 2.45) is 22.1 Å². The number of thiazole rings is 2. The van der Waals surface area contributed by atoms with Crippen LogP contribution in [-0.2, 0) is 12.8 Å². The van der Waals surface area contributed by atoms with Gasteiger partial charge < -0.3 is 5.32 Å². The van der Waals surface area contributed by atoms with Crippen molar-refractivity contribution in [3.05, 3.63) is 117 Å². The molecule has 0 aliphatic heterocycles. The van der Waals surface area contributed by atoms with Crippen LogP contribution in [0.1, 0.15) is 61.1 Å². The molecule has 0 spiro atoms. The third-order valence-corrected chi connectivity index (χ3v) is 11.2. The van der Waals surface area contributed by atoms with Gasteiger partial charge in [-0.15, -0.1) is 10.2 Å². The molecule has 7 nitrogen and oxygen atoms in total. The smallest absolute Gasteiger partial charge is 0.231 e. The van der Waals surface area contributed by atoms with E-state index < -0.39 is 0 Å². The number of nitrogens with one attached hydrogen (secondary N) is 1. The van der Waals surface area contributed by atoms with Gasteiger partial charge in [-0.3, -0.25) is 4.90 Å². The molecular formula is C43H44ClN7S2. The quantitative estimate of drug-likeness (QED) is 0.133. The summed E-state index contributed by atoms with van der Waals surface area (Å²) in [4.78, 5) is 17.5. The molecule has 10 heteroatoms. The van der Waals surface area contributed by atoms with Gasteiger partial charge in [0, 0.05) is 10.7 Å². The molecule has 7 rings (SSSR count). The van der Waals surface area contributed by atoms with Crippen molar-refractivity contribution < 1.29 is 0 Å². The first-order valence-corrected chi connectivity index (χ1v) is 20.1. The minimum atomic E-state index is 0.472. The number of azo groups is 1. The van der Waals surface area contributed by atoms with Gasteiger partial charge in [0.05, 0.1) is 26.1 Å². The number of halogens is 1. The topological polar surface area (TPSA) is 78.7 Å². The highest BCUT2D eigenvalue weighted by molar-refractivity contribution is 7.22. The monoisotopic (exact) mass is 757 g/mol. The lowest BCUT2D eigenvalue weighted by Gasteiger charge is -2.27. The number of para-hydroxylation sites is 2. The fourth-order valence-corrected chi connectivity index (χ4v) is 8.86. The maximum absolute atomic E-state index is 6.27. The van der Waals surface area contributed by atoms with Gasteiger partial charge in [0.25, 0.3) is 0 Å². The number of hydrogen-bond donors (Lipinski definition) is 1. The Balaban J connectivity index is 1.45. The number of hydrogen-bond acceptors (Lipinski definition) is 9. The van der Waals surface area contributed by atoms with Gasteiger partial charge >= 0.3 is 0 Å². The van der Waals surface area contributed by atoms with Crippen LogP contribution in [0, 0.1) is 39.5 Å². The van der Waals surface area contributed by atoms with E-state index in [4.69, 9.17) is 36.8 Å². The lowest BCUT2D eigenvalue weighted by molar-refractivity contribution is 0.638. The minimum Gasteiger partial charge on any atom is -0.338 e. The van der Waals surface area contributed by atoms with Crippen LogP contribution in [0.4, 0.5) is 39.0 Å². The Morgan fingerprint density at radius 2 is 1.38 bits per heavy atom. The summed E-state index contributed by atoms with van der Waals surface area (Å²) in [6.07, 6.45) is 1.86. The molecule has 1 N–H and O–H groups in total. The van der Waals surface area contributed by atoms with E-state index in [9.17, 15) is 0 Å². The van der Waals surface area contributed by atoms with E-state index in [0.29, 0.717) is 33.5 Å². The van der Waals surface area contributed by atoms with Gasteiger partial charge in [0.1, 0.15) is 11.5 Å². The summed E-state index contributed by atoms with van der Waals surface area (Å²) in [7, 11) is 0. The molecule has 0 amide bonds. The highest BCUT2D eigenvalue weighted by atomic mass is 35.5. The van der Waals surface area contributed by atoms with Crippen molar-refractivity contribution in [3.63, 3.8) is 0 Å². The van der Waals surface area contributed by atoms with Crippen molar-refractivity contribution in [1.82, 2.24) is 15.0 Å². The standard InChI is InChI=1S/C43H44ClN7S2/c1-24(2)18-30-12-11-13-31(19-25(3)4)39(30)48-41-38(49-50-42-45-34-23-32(44)16-17-36(34)52-42)27(6)22-37(47-41)51(40-28(7)20-26(5)21-29(40)8)43-46-33-14-9-10-15-35(33)53-43/h9-17,20-25H,18-19H2,1-8H3,(H,47,48). The Morgan fingerprint density at radius 1 is 0.698 bits per heavy atom. The molecule has 0 saturated carbocycles. The molecule has 0 aliphatic carbocycles. The first kappa shape index (κ1) is 36.6. The Morgan fingerprint density at radius 3 is 2.06 bits per heavy atom. The number of anilines is 5. The number of aryl methyl sites for hydroxylation is 4. The molecule has 4 aromatic carbocycles. The van der Waals surface area contributed by atoms with Crippen LogP contribution in [0.5, 0.6) is 0 Å². The van der Waals surface area contributed by atoms with Crippen molar-refractivity contribution in [2.75, 3.05) is 10.2 Å². The summed E-state index contributed by atoms with van der Waals surface area (Å²) in [6, 6.07) is 27.1. The van der Waals surface area contributed by atoms with Gasteiger partial charge in [0.15, 0.2) is 10.9 Å². The summed E-state index contributed by atoms with van der Waals surface area (Å²) < 4.78 is 2.12. The number of rotatable bonds is 11. The van der Waals surface area contributed by atoms with Crippen LogP contribution < -0.4 is 10.2 Å². The molecule has 270 valence electrons. The summed E-state index contributed by atoms with van der Waals surface area (Å²) in [5.41, 5.74) is 11.5. The Kier molecular flexibility index (Phi) is 10.6. The second kappa shape index (κ2) is 15.3. The molecule has 0 unspecified atom stereocenters. The predicted molar refractivity (Wildman–Crippen MR) is 227 cm³/mol. The van der Waals surface area contributed by atoms with Gasteiger partial charge in [-0.25, -0.2) is 15.0 Å². The van der Waals surface area contributed by atoms with E-state index in [2.05, 4.69) is 120 Å². The second-order valence-electron chi connectivity index (χ2n) is 14.6. The maximum Gasteiger partial charge on any atom is 0.231 e. The number of pyridine rings is 1. The summed E-state index contributed by atoms with van der Waals surface area (Å²) in [5.74, 6) is 2.32. The number of nitrogens with zero attached hydrogens (tertiary/aromatic N) is 6. The summed E-state index contributed by atoms with van der Waals surface area (Å²) >= 11 is 9.42. The molecule has 0 bridgehead atoms. The zero-order valence-corrected chi connectivity index (χ0v) is 33.8. The first-order valence-electron chi connectivity index (χ1n) is 18.0. The van der Waals surface area contributed by atoms with Crippen molar-refractivity contribution in [2.45, 2.75) is 68.2 Å². The molecule has 3 aromatic heterocycles. The largest absolute Gasteiger partial charge is 0.338 e. The van der Waals surface area contributed by atoms with E-state index in [0.717, 1.165) is 72.3 Å². The van der Waals surface area contributed by atoms with Crippen LogP contribution in [0.3, 0.4) is 0 Å². The zero-order valence-electron chi connectivity index (χ0n) is 31.5. The van der Waals surface area contributed by atoms with Gasteiger partial charge in [0.2, 0.25) is 5.13 Å². The molecule has 0 fully saturated rings. The molecule has 53 heavy (non-hydrogen) atoms. The van der Waals surface area contributed by atoms with Gasteiger partial charge in [-0.2, -0.15) is 0 Å². The maximum atomic E-state index is 6.27. The second-order valence-corrected chi connectivity index (χ2v) is 17.1. The number of aromatic nitrogens is 3. The lowest BCUT2D eigenvalue weighted by atomic mass is 9.94. The molecule has 0 radical (unpaired) electrons. The fourth-order valence-electron chi connectivity index (χ4n) is 6.94. The lowest BCUT2D eigenvalue weighted by Crippen LogP contribution is -2.15. The molecule has 0 atom stereocenters. The van der Waals surface area contributed by atoms with Crippen LogP contribution in [0.2, 0.25) is 5.02 Å². The Hall–Kier alpha value is -4.70. The van der Waals surface area contributed by atoms with E-state index >= 15 is 0 Å². The molecular weight excluding hydrogens is 714 g/mol. The van der Waals surface area contributed by atoms with E-state index in [1.54, 1.807) is 11.3 Å². The molecule has 0 aliphatic rings. The van der Waals surface area contributed by atoms with Crippen LogP contribution in [-0.4, -0.2) is 15.0 Å². The summed E-state index contributed by atoms with van der Waals surface area (Å²) in [5, 5.41) is 15.5.